The number of para-hydroxylation sites is 2. The van der Waals surface area contributed by atoms with Crippen molar-refractivity contribution in [2.75, 3.05) is 13.1 Å². The molecular formula is C29H24F3N3O5. The molecule has 2 atom stereocenters. The molecule has 8 nitrogen and oxygen atoms in total. The smallest absolute Gasteiger partial charge is 0.475 e. The van der Waals surface area contributed by atoms with Crippen LogP contribution in [0.4, 0.5) is 13.2 Å². The van der Waals surface area contributed by atoms with Gasteiger partial charge < -0.3 is 24.3 Å². The number of cyclic esters (lactones) is 2. The standard InChI is InChI=1S/C27H23N3O3.C2HF3O2/c1-29-14-19(17-6-2-4-8-20(17)29)24-25(27(32)33-26(24)31)23-18-7-3-5-9-21(18)30-13-16-12-28-11-15(16)10-22(23)30;3-2(4,5)1(6)7/h2-9,14-16,28H,10-13H2,1H3;(H,6,7)/t15-,16-;/m0./s1. The number of aryl methyl sites for hydroxylation is 1. The number of aliphatic carboxylic acids is 1. The minimum Gasteiger partial charge on any atom is -0.475 e. The van der Waals surface area contributed by atoms with Crippen LogP contribution in [0.25, 0.3) is 33.0 Å². The van der Waals surface area contributed by atoms with Crippen LogP contribution in [0, 0.1) is 11.8 Å². The number of carboxylic acids is 1. The molecular weight excluding hydrogens is 527 g/mol. The van der Waals surface area contributed by atoms with Gasteiger partial charge in [-0.1, -0.05) is 36.4 Å². The lowest BCUT2D eigenvalue weighted by Gasteiger charge is -2.28. The summed E-state index contributed by atoms with van der Waals surface area (Å²) in [5.41, 5.74) is 5.67. The number of ether oxygens (including phenoxy) is 1. The fraction of sp³-hybridized carbons (Fsp3) is 0.276. The van der Waals surface area contributed by atoms with E-state index in [9.17, 15) is 22.8 Å². The third-order valence-corrected chi connectivity index (χ3v) is 7.93. The number of carbonyl (C=O) groups is 3. The van der Waals surface area contributed by atoms with Crippen molar-refractivity contribution in [3.05, 3.63) is 71.5 Å². The molecule has 40 heavy (non-hydrogen) atoms. The van der Waals surface area contributed by atoms with Crippen molar-refractivity contribution in [1.82, 2.24) is 14.5 Å². The Hall–Kier alpha value is -4.38. The summed E-state index contributed by atoms with van der Waals surface area (Å²) in [6, 6.07) is 16.2. The zero-order chi connectivity index (χ0) is 28.3. The number of hydrogen-bond acceptors (Lipinski definition) is 5. The topological polar surface area (TPSA) is 103 Å². The maximum absolute atomic E-state index is 13.2. The molecule has 2 aromatic carbocycles. The number of alkyl halides is 3. The molecule has 7 rings (SSSR count). The quantitative estimate of drug-likeness (QED) is 0.287. The summed E-state index contributed by atoms with van der Waals surface area (Å²) < 4.78 is 41.4. The molecule has 0 saturated carbocycles. The van der Waals surface area contributed by atoms with E-state index < -0.39 is 24.1 Å². The number of nitrogens with zero attached hydrogens (tertiary/aromatic N) is 2. The first-order valence-corrected chi connectivity index (χ1v) is 12.7. The van der Waals surface area contributed by atoms with Gasteiger partial charge in [0, 0.05) is 58.4 Å². The predicted molar refractivity (Wildman–Crippen MR) is 140 cm³/mol. The van der Waals surface area contributed by atoms with Gasteiger partial charge in [-0.2, -0.15) is 13.2 Å². The maximum Gasteiger partial charge on any atom is 0.490 e. The van der Waals surface area contributed by atoms with Crippen molar-refractivity contribution in [2.45, 2.75) is 19.1 Å². The largest absolute Gasteiger partial charge is 0.490 e. The number of esters is 2. The van der Waals surface area contributed by atoms with Crippen LogP contribution >= 0.6 is 0 Å². The first-order chi connectivity index (χ1) is 19.1. The summed E-state index contributed by atoms with van der Waals surface area (Å²) in [4.78, 5) is 35.2. The van der Waals surface area contributed by atoms with Gasteiger partial charge >= 0.3 is 24.1 Å². The molecule has 3 aliphatic heterocycles. The summed E-state index contributed by atoms with van der Waals surface area (Å²) in [7, 11) is 1.96. The number of aromatic nitrogens is 2. The van der Waals surface area contributed by atoms with Crippen LogP contribution in [0.2, 0.25) is 0 Å². The molecule has 2 N–H and O–H groups in total. The SMILES string of the molecule is Cn1cc(C2=C(c3c4n(c5ccccc35)C[C@@H]3CNC[C@@H]3C4)C(=O)OC2=O)c2ccccc21.O=C(O)C(F)(F)F. The van der Waals surface area contributed by atoms with Crippen LogP contribution in [0.5, 0.6) is 0 Å². The normalized spacial score (nSPS) is 20.4. The molecule has 1 saturated heterocycles. The molecule has 0 spiro atoms. The van der Waals surface area contributed by atoms with Crippen molar-refractivity contribution < 1.29 is 37.4 Å². The van der Waals surface area contributed by atoms with E-state index in [2.05, 4.69) is 22.0 Å². The van der Waals surface area contributed by atoms with Crippen LogP contribution in [0.15, 0.2) is 54.7 Å². The van der Waals surface area contributed by atoms with Gasteiger partial charge in [0.05, 0.1) is 11.1 Å². The van der Waals surface area contributed by atoms with Crippen LogP contribution < -0.4 is 5.32 Å². The van der Waals surface area contributed by atoms with E-state index in [1.165, 1.54) is 0 Å². The van der Waals surface area contributed by atoms with E-state index >= 15 is 0 Å². The van der Waals surface area contributed by atoms with Crippen molar-refractivity contribution in [3.63, 3.8) is 0 Å². The van der Waals surface area contributed by atoms with Crippen molar-refractivity contribution in [2.24, 2.45) is 18.9 Å². The Morgan fingerprint density at radius 2 is 1.55 bits per heavy atom. The summed E-state index contributed by atoms with van der Waals surface area (Å²) >= 11 is 0. The summed E-state index contributed by atoms with van der Waals surface area (Å²) in [5.74, 6) is -2.74. The number of carbonyl (C=O) groups excluding carboxylic acids is 2. The summed E-state index contributed by atoms with van der Waals surface area (Å²) in [5, 5.41) is 12.6. The zero-order valence-corrected chi connectivity index (χ0v) is 21.3. The van der Waals surface area contributed by atoms with Gasteiger partial charge in [0.2, 0.25) is 0 Å². The third kappa shape index (κ3) is 4.08. The van der Waals surface area contributed by atoms with Crippen LogP contribution in [-0.4, -0.2) is 51.4 Å². The Labute approximate surface area is 225 Å². The lowest BCUT2D eigenvalue weighted by molar-refractivity contribution is -0.192. The van der Waals surface area contributed by atoms with Gasteiger partial charge in [-0.3, -0.25) is 0 Å². The number of hydrogen-bond donors (Lipinski definition) is 2. The molecule has 1 fully saturated rings. The van der Waals surface area contributed by atoms with Crippen LogP contribution in [-0.2, 0) is 39.1 Å². The van der Waals surface area contributed by atoms with Crippen LogP contribution in [0.1, 0.15) is 16.8 Å². The highest BCUT2D eigenvalue weighted by Gasteiger charge is 2.42. The van der Waals surface area contributed by atoms with Gasteiger partial charge in [-0.25, -0.2) is 14.4 Å². The Balaban J connectivity index is 0.000000370. The molecule has 0 aliphatic carbocycles. The average molecular weight is 552 g/mol. The second-order valence-electron chi connectivity index (χ2n) is 10.2. The monoisotopic (exact) mass is 551 g/mol. The molecule has 4 aromatic rings. The number of carboxylic acid groups (broad SMARTS) is 1. The van der Waals surface area contributed by atoms with Crippen molar-refractivity contribution in [3.8, 4) is 0 Å². The average Bonchev–Trinajstić information content (AvgIpc) is 3.65. The van der Waals surface area contributed by atoms with E-state index in [0.717, 1.165) is 64.7 Å². The second-order valence-corrected chi connectivity index (χ2v) is 10.2. The first-order valence-electron chi connectivity index (χ1n) is 12.7. The van der Waals surface area contributed by atoms with Gasteiger partial charge in [-0.05, 0) is 43.5 Å². The highest BCUT2D eigenvalue weighted by Crippen LogP contribution is 2.45. The number of nitrogens with one attached hydrogen (secondary N) is 1. The molecule has 0 amide bonds. The molecule has 11 heteroatoms. The molecule has 206 valence electrons. The fourth-order valence-electron chi connectivity index (χ4n) is 6.18. The van der Waals surface area contributed by atoms with E-state index in [0.29, 0.717) is 23.0 Å². The number of benzene rings is 2. The van der Waals surface area contributed by atoms with E-state index in [1.807, 2.05) is 54.2 Å². The molecule has 2 aromatic heterocycles. The van der Waals surface area contributed by atoms with Crippen molar-refractivity contribution in [1.29, 1.82) is 0 Å². The molecule has 0 unspecified atom stereocenters. The van der Waals surface area contributed by atoms with E-state index in [1.54, 1.807) is 0 Å². The first kappa shape index (κ1) is 25.9. The minimum atomic E-state index is -5.08. The summed E-state index contributed by atoms with van der Waals surface area (Å²) in [6.45, 7) is 2.94. The van der Waals surface area contributed by atoms with Crippen molar-refractivity contribution >= 4 is 50.9 Å². The van der Waals surface area contributed by atoms with Gasteiger partial charge in [0.1, 0.15) is 0 Å². The minimum absolute atomic E-state index is 0.377. The van der Waals surface area contributed by atoms with Crippen LogP contribution in [0.3, 0.4) is 0 Å². The Morgan fingerprint density at radius 1 is 0.950 bits per heavy atom. The second kappa shape index (κ2) is 9.37. The lowest BCUT2D eigenvalue weighted by atomic mass is 9.85. The van der Waals surface area contributed by atoms with E-state index in [4.69, 9.17) is 14.6 Å². The highest BCUT2D eigenvalue weighted by atomic mass is 19.4. The Kier molecular flexibility index (Phi) is 6.06. The number of rotatable bonds is 2. The lowest BCUT2D eigenvalue weighted by Crippen LogP contribution is -2.28. The molecule has 0 bridgehead atoms. The van der Waals surface area contributed by atoms with E-state index in [-0.39, 0.29) is 0 Å². The molecule has 0 radical (unpaired) electrons. The predicted octanol–water partition coefficient (Wildman–Crippen LogP) is 4.15. The van der Waals surface area contributed by atoms with Gasteiger partial charge in [0.15, 0.2) is 0 Å². The maximum atomic E-state index is 13.2. The van der Waals surface area contributed by atoms with Gasteiger partial charge in [0.25, 0.3) is 0 Å². The highest BCUT2D eigenvalue weighted by molar-refractivity contribution is 6.47. The Morgan fingerprint density at radius 3 is 2.25 bits per heavy atom. The molecule has 3 aliphatic rings. The fourth-order valence-corrected chi connectivity index (χ4v) is 6.18. The number of halogens is 3. The Bertz CT molecular complexity index is 1750. The summed E-state index contributed by atoms with van der Waals surface area (Å²) in [6.07, 6.45) is -2.27. The molecule has 5 heterocycles. The van der Waals surface area contributed by atoms with Gasteiger partial charge in [-0.15, -0.1) is 0 Å². The zero-order valence-electron chi connectivity index (χ0n) is 21.3. The third-order valence-electron chi connectivity index (χ3n) is 7.93. The number of fused-ring (bicyclic) bond motifs is 5.